The van der Waals surface area contributed by atoms with E-state index in [-0.39, 0.29) is 6.67 Å². The highest BCUT2D eigenvalue weighted by Crippen LogP contribution is 2.28. The second-order valence-electron chi connectivity index (χ2n) is 3.16. The van der Waals surface area contributed by atoms with Crippen molar-refractivity contribution in [2.45, 2.75) is 6.42 Å². The Morgan fingerprint density at radius 1 is 1.50 bits per heavy atom. The molecule has 0 aliphatic heterocycles. The zero-order valence-corrected chi connectivity index (χ0v) is 11.5. The normalized spacial score (nSPS) is 10.9. The second kappa shape index (κ2) is 5.60. The van der Waals surface area contributed by atoms with Crippen molar-refractivity contribution >= 4 is 39.3 Å². The molecule has 82 valence electrons. The van der Waals surface area contributed by atoms with Crippen molar-refractivity contribution in [1.29, 1.82) is 0 Å². The number of halogens is 2. The maximum Gasteiger partial charge on any atom is 0.100 e. The van der Waals surface area contributed by atoms with Gasteiger partial charge in [0.25, 0.3) is 0 Å². The fourth-order valence-corrected chi connectivity index (χ4v) is 2.94. The minimum atomic E-state index is -0.386. The first-order valence-electron chi connectivity index (χ1n) is 4.74. The van der Waals surface area contributed by atoms with Crippen molar-refractivity contribution in [3.8, 4) is 11.8 Å². The van der Waals surface area contributed by atoms with Gasteiger partial charge in [0.15, 0.2) is 0 Å². The molecule has 0 fully saturated rings. The summed E-state index contributed by atoms with van der Waals surface area (Å²) in [5, 5.41) is 5.34. The van der Waals surface area contributed by atoms with E-state index in [0.29, 0.717) is 12.8 Å². The summed E-state index contributed by atoms with van der Waals surface area (Å²) >= 11 is 2.29. The van der Waals surface area contributed by atoms with Crippen molar-refractivity contribution < 1.29 is 4.39 Å². The molecule has 1 heterocycles. The van der Waals surface area contributed by atoms with Crippen molar-refractivity contribution in [3.05, 3.63) is 30.0 Å². The molecule has 2 aromatic rings. The van der Waals surface area contributed by atoms with Crippen LogP contribution in [-0.2, 0) is 0 Å². The monoisotopic (exact) mass is 346 g/mol. The molecule has 0 radical (unpaired) electrons. The molecular weight excluding hydrogens is 337 g/mol. The van der Waals surface area contributed by atoms with Crippen LogP contribution in [0.5, 0.6) is 0 Å². The summed E-state index contributed by atoms with van der Waals surface area (Å²) in [6, 6.07) is 5.94. The Bertz CT molecular complexity index is 556. The van der Waals surface area contributed by atoms with Crippen LogP contribution in [0.25, 0.3) is 10.9 Å². The number of benzene rings is 1. The molecular formula is C11H9FIN2P. The van der Waals surface area contributed by atoms with Crippen LogP contribution in [0, 0.1) is 11.8 Å². The van der Waals surface area contributed by atoms with Gasteiger partial charge in [-0.15, -0.1) is 0 Å². The number of alkyl halides is 1. The van der Waals surface area contributed by atoms with Crippen LogP contribution in [0.2, 0.25) is 0 Å². The molecule has 0 N–H and O–H groups in total. The zero-order chi connectivity index (χ0) is 11.4. The van der Waals surface area contributed by atoms with E-state index >= 15 is 0 Å². The van der Waals surface area contributed by atoms with Crippen LogP contribution in [0.3, 0.4) is 0 Å². The number of aromatic nitrogens is 2. The summed E-state index contributed by atoms with van der Waals surface area (Å²) in [6.07, 6.45) is 2.73. The zero-order valence-electron chi connectivity index (χ0n) is 8.37. The summed E-state index contributed by atoms with van der Waals surface area (Å²) in [6.45, 7) is -0.386. The third kappa shape index (κ3) is 2.53. The van der Waals surface area contributed by atoms with Gasteiger partial charge in [-0.1, -0.05) is 11.8 Å². The highest BCUT2D eigenvalue weighted by molar-refractivity contribution is 14.2. The van der Waals surface area contributed by atoms with E-state index in [1.54, 1.807) is 0 Å². The van der Waals surface area contributed by atoms with Gasteiger partial charge >= 0.3 is 0 Å². The molecule has 0 spiro atoms. The Morgan fingerprint density at radius 2 is 2.38 bits per heavy atom. The molecule has 2 nitrogen and oxygen atoms in total. The molecule has 2 rings (SSSR count). The van der Waals surface area contributed by atoms with Crippen LogP contribution in [0.15, 0.2) is 24.4 Å². The fraction of sp³-hybridized carbons (Fsp3) is 0.182. The molecule has 0 amide bonds. The summed E-state index contributed by atoms with van der Waals surface area (Å²) in [5.74, 6) is 5.72. The fourth-order valence-electron chi connectivity index (χ4n) is 1.39. The molecule has 1 aromatic carbocycles. The molecule has 1 aromatic heterocycles. The lowest BCUT2D eigenvalue weighted by atomic mass is 10.1. The summed E-state index contributed by atoms with van der Waals surface area (Å²) in [7, 11) is 0. The predicted molar refractivity (Wildman–Crippen MR) is 74.9 cm³/mol. The lowest BCUT2D eigenvalue weighted by Gasteiger charge is -1.96. The highest BCUT2D eigenvalue weighted by Gasteiger charge is 2.01. The minimum absolute atomic E-state index is 0.298. The van der Waals surface area contributed by atoms with E-state index in [1.165, 1.54) is 0 Å². The SMILES string of the molecule is FCCC#Cc1ccc2c(cnn2PI)c1. The largest absolute Gasteiger partial charge is 0.250 e. The second-order valence-corrected chi connectivity index (χ2v) is 5.20. The quantitative estimate of drug-likeness (QED) is 0.462. The van der Waals surface area contributed by atoms with Crippen molar-refractivity contribution in [2.75, 3.05) is 6.67 Å². The predicted octanol–water partition coefficient (Wildman–Crippen LogP) is 3.54. The third-order valence-corrected chi connectivity index (χ3v) is 3.99. The highest BCUT2D eigenvalue weighted by atomic mass is 127. The molecule has 1 unspecified atom stereocenters. The van der Waals surface area contributed by atoms with Gasteiger partial charge in [0.1, 0.15) is 6.67 Å². The third-order valence-electron chi connectivity index (χ3n) is 2.10. The van der Waals surface area contributed by atoms with E-state index in [4.69, 9.17) is 0 Å². The molecule has 16 heavy (non-hydrogen) atoms. The van der Waals surface area contributed by atoms with Gasteiger partial charge in [0.2, 0.25) is 0 Å². The van der Waals surface area contributed by atoms with Crippen molar-refractivity contribution in [3.63, 3.8) is 0 Å². The van der Waals surface area contributed by atoms with Crippen LogP contribution in [0.4, 0.5) is 4.39 Å². The Morgan fingerprint density at radius 3 is 3.12 bits per heavy atom. The average molecular weight is 346 g/mol. The van der Waals surface area contributed by atoms with Gasteiger partial charge in [-0.05, 0) is 40.2 Å². The van der Waals surface area contributed by atoms with Crippen molar-refractivity contribution in [1.82, 2.24) is 9.55 Å². The maximum atomic E-state index is 11.9. The summed E-state index contributed by atoms with van der Waals surface area (Å²) < 4.78 is 13.8. The van der Waals surface area contributed by atoms with Crippen LogP contribution < -0.4 is 0 Å². The molecule has 0 aliphatic rings. The first-order valence-corrected chi connectivity index (χ1v) is 8.80. The number of nitrogens with zero attached hydrogens (tertiary/aromatic N) is 2. The van der Waals surface area contributed by atoms with Crippen molar-refractivity contribution in [2.24, 2.45) is 0 Å². The Hall–Kier alpha value is -0.660. The Balaban J connectivity index is 2.35. The molecule has 0 aliphatic carbocycles. The lowest BCUT2D eigenvalue weighted by Crippen LogP contribution is -1.82. The van der Waals surface area contributed by atoms with Gasteiger partial charge < -0.3 is 0 Å². The van der Waals surface area contributed by atoms with E-state index in [0.717, 1.165) is 16.5 Å². The standard InChI is InChI=1S/C11H9FIN2P/c12-6-2-1-3-9-4-5-11-10(7-9)8-14-15(11)16-13/h4-5,7-8,16H,2,6H2. The van der Waals surface area contributed by atoms with Crippen LogP contribution in [-0.4, -0.2) is 16.2 Å². The van der Waals surface area contributed by atoms with Gasteiger partial charge in [0.05, 0.1) is 18.1 Å². The molecule has 0 saturated heterocycles. The molecule has 0 saturated carbocycles. The first-order chi connectivity index (χ1) is 7.85. The average Bonchev–Trinajstić information content (AvgIpc) is 2.71. The minimum Gasteiger partial charge on any atom is -0.250 e. The van der Waals surface area contributed by atoms with E-state index in [9.17, 15) is 4.39 Å². The van der Waals surface area contributed by atoms with Gasteiger partial charge in [-0.25, -0.2) is 4.45 Å². The van der Waals surface area contributed by atoms with Crippen LogP contribution >= 0.6 is 28.4 Å². The number of hydrogen-bond acceptors (Lipinski definition) is 1. The number of fused-ring (bicyclic) bond motifs is 1. The van der Waals surface area contributed by atoms with E-state index in [2.05, 4.69) is 39.0 Å². The van der Waals surface area contributed by atoms with Crippen LogP contribution in [0.1, 0.15) is 12.0 Å². The topological polar surface area (TPSA) is 17.8 Å². The lowest BCUT2D eigenvalue weighted by molar-refractivity contribution is 0.505. The Kier molecular flexibility index (Phi) is 4.14. The summed E-state index contributed by atoms with van der Waals surface area (Å²) in [4.78, 5) is 0. The number of rotatable bonds is 2. The van der Waals surface area contributed by atoms with E-state index < -0.39 is 0 Å². The maximum absolute atomic E-state index is 11.9. The van der Waals surface area contributed by atoms with Gasteiger partial charge in [-0.3, -0.25) is 4.39 Å². The molecule has 5 heteroatoms. The summed E-state index contributed by atoms with van der Waals surface area (Å²) in [5.41, 5.74) is 2.03. The number of hydrogen-bond donors (Lipinski definition) is 0. The first kappa shape index (κ1) is 11.8. The smallest absolute Gasteiger partial charge is 0.100 e. The van der Waals surface area contributed by atoms with E-state index in [1.807, 2.05) is 28.8 Å². The molecule has 1 atom stereocenters. The van der Waals surface area contributed by atoms with Gasteiger partial charge in [0, 0.05) is 17.4 Å². The van der Waals surface area contributed by atoms with Gasteiger partial charge in [-0.2, -0.15) is 5.10 Å². The molecule has 0 bridgehead atoms. The Labute approximate surface area is 108 Å².